The van der Waals surface area contributed by atoms with Crippen molar-refractivity contribution in [3.63, 3.8) is 0 Å². The molecule has 2 aromatic rings. The van der Waals surface area contributed by atoms with Crippen molar-refractivity contribution < 1.29 is 27.6 Å². The van der Waals surface area contributed by atoms with Crippen molar-refractivity contribution in [1.82, 2.24) is 20.3 Å². The first kappa shape index (κ1) is 21.6. The predicted molar refractivity (Wildman–Crippen MR) is 108 cm³/mol. The second-order valence-electron chi connectivity index (χ2n) is 7.29. The number of carbonyl (C=O) groups is 2. The number of alkyl halides is 3. The van der Waals surface area contributed by atoms with Gasteiger partial charge in [0.1, 0.15) is 29.7 Å². The number of aryl methyl sites for hydroxylation is 1. The number of hydrogen-bond acceptors (Lipinski definition) is 8. The molecule has 0 radical (unpaired) electrons. The molecule has 2 aliphatic rings. The number of thiophene rings is 1. The molecule has 2 N–H and O–H groups in total. The summed E-state index contributed by atoms with van der Waals surface area (Å²) >= 11 is 1.52. The SMILES string of the molecule is CCc1cc2c(N3CCN(C(=O)CC(F)(F)F)CC3)nc(N[C@@H]3CONC3=O)nc2s1. The smallest absolute Gasteiger partial charge is 0.352 e. The molecule has 2 fully saturated rings. The first-order valence-electron chi connectivity index (χ1n) is 9.81. The van der Waals surface area contributed by atoms with Crippen LogP contribution in [0, 0.1) is 0 Å². The maximum Gasteiger partial charge on any atom is 0.397 e. The van der Waals surface area contributed by atoms with Crippen LogP contribution in [0.25, 0.3) is 10.2 Å². The molecule has 9 nitrogen and oxygen atoms in total. The fourth-order valence-electron chi connectivity index (χ4n) is 3.49. The van der Waals surface area contributed by atoms with Crippen LogP contribution in [-0.4, -0.2) is 71.7 Å². The molecule has 0 aliphatic carbocycles. The highest BCUT2D eigenvalue weighted by molar-refractivity contribution is 7.18. The van der Waals surface area contributed by atoms with Gasteiger partial charge < -0.3 is 15.1 Å². The van der Waals surface area contributed by atoms with Crippen molar-refractivity contribution in [2.24, 2.45) is 0 Å². The average Bonchev–Trinajstić information content (AvgIpc) is 3.32. The Morgan fingerprint density at radius 3 is 2.68 bits per heavy atom. The maximum absolute atomic E-state index is 12.5. The summed E-state index contributed by atoms with van der Waals surface area (Å²) in [5, 5.41) is 3.82. The minimum Gasteiger partial charge on any atom is -0.352 e. The Labute approximate surface area is 179 Å². The minimum absolute atomic E-state index is 0.139. The number of amides is 2. The average molecular weight is 458 g/mol. The molecule has 0 spiro atoms. The Balaban J connectivity index is 1.55. The van der Waals surface area contributed by atoms with Crippen LogP contribution in [0.2, 0.25) is 0 Å². The van der Waals surface area contributed by atoms with E-state index in [9.17, 15) is 22.8 Å². The molecule has 0 unspecified atom stereocenters. The van der Waals surface area contributed by atoms with Gasteiger partial charge in [0.2, 0.25) is 11.9 Å². The summed E-state index contributed by atoms with van der Waals surface area (Å²) in [6, 6.07) is 1.39. The van der Waals surface area contributed by atoms with E-state index in [2.05, 4.69) is 20.8 Å². The van der Waals surface area contributed by atoms with Gasteiger partial charge in [-0.1, -0.05) is 6.92 Å². The van der Waals surface area contributed by atoms with Gasteiger partial charge in [0, 0.05) is 31.1 Å². The highest BCUT2D eigenvalue weighted by Crippen LogP contribution is 2.33. The molecule has 4 rings (SSSR count). The van der Waals surface area contributed by atoms with Crippen molar-refractivity contribution in [2.45, 2.75) is 32.0 Å². The van der Waals surface area contributed by atoms with E-state index in [4.69, 9.17) is 4.84 Å². The number of aromatic nitrogens is 2. The van der Waals surface area contributed by atoms with Gasteiger partial charge in [-0.3, -0.25) is 14.4 Å². The molecule has 2 aromatic heterocycles. The van der Waals surface area contributed by atoms with Crippen LogP contribution in [0.5, 0.6) is 0 Å². The number of fused-ring (bicyclic) bond motifs is 1. The Kier molecular flexibility index (Phi) is 5.88. The van der Waals surface area contributed by atoms with Crippen LogP contribution in [0.3, 0.4) is 0 Å². The maximum atomic E-state index is 12.5. The third-order valence-electron chi connectivity index (χ3n) is 5.10. The zero-order chi connectivity index (χ0) is 22.2. The number of carbonyl (C=O) groups excluding carboxylic acids is 2. The van der Waals surface area contributed by atoms with Crippen molar-refractivity contribution >= 4 is 45.1 Å². The molecule has 168 valence electrons. The number of hydroxylamine groups is 1. The van der Waals surface area contributed by atoms with Gasteiger partial charge in [0.05, 0.1) is 5.39 Å². The van der Waals surface area contributed by atoms with Crippen LogP contribution in [0.1, 0.15) is 18.2 Å². The standard InChI is InChI=1S/C18H21F3N6O3S/c1-2-10-7-11-14(27-5-3-26(4-6-27)13(28)8-18(19,20)21)23-17(24-16(11)31-10)22-12-9-30-25-15(12)29/h7,12H,2-6,8-9H2,1H3,(H,25,29)(H,22,23,24)/t12-/m1/s1. The van der Waals surface area contributed by atoms with Crippen molar-refractivity contribution in [1.29, 1.82) is 0 Å². The van der Waals surface area contributed by atoms with Crippen LogP contribution in [0.4, 0.5) is 24.9 Å². The normalized spacial score (nSPS) is 19.7. The molecule has 0 saturated carbocycles. The zero-order valence-corrected chi connectivity index (χ0v) is 17.5. The molecular weight excluding hydrogens is 437 g/mol. The van der Waals surface area contributed by atoms with Gasteiger partial charge in [-0.15, -0.1) is 11.3 Å². The second kappa shape index (κ2) is 8.46. The Morgan fingerprint density at radius 1 is 1.32 bits per heavy atom. The largest absolute Gasteiger partial charge is 0.397 e. The third kappa shape index (κ3) is 4.82. The van der Waals surface area contributed by atoms with Gasteiger partial charge in [0.15, 0.2) is 0 Å². The summed E-state index contributed by atoms with van der Waals surface area (Å²) in [5.74, 6) is -0.334. The van der Waals surface area contributed by atoms with Gasteiger partial charge >= 0.3 is 6.18 Å². The molecular formula is C18H21F3N6O3S. The Bertz CT molecular complexity index is 990. The zero-order valence-electron chi connectivity index (χ0n) is 16.7. The van der Waals surface area contributed by atoms with Crippen molar-refractivity contribution in [3.05, 3.63) is 10.9 Å². The van der Waals surface area contributed by atoms with Crippen LogP contribution < -0.4 is 15.7 Å². The molecule has 0 aromatic carbocycles. The molecule has 2 saturated heterocycles. The number of nitrogens with zero attached hydrogens (tertiary/aromatic N) is 4. The number of rotatable bonds is 5. The lowest BCUT2D eigenvalue weighted by Gasteiger charge is -2.36. The number of halogens is 3. The fourth-order valence-corrected chi connectivity index (χ4v) is 4.45. The van der Waals surface area contributed by atoms with E-state index >= 15 is 0 Å². The van der Waals surface area contributed by atoms with Crippen LogP contribution in [0.15, 0.2) is 6.07 Å². The van der Waals surface area contributed by atoms with E-state index in [1.807, 2.05) is 17.9 Å². The monoisotopic (exact) mass is 458 g/mol. The first-order valence-corrected chi connectivity index (χ1v) is 10.6. The molecule has 0 bridgehead atoms. The Morgan fingerprint density at radius 2 is 2.06 bits per heavy atom. The summed E-state index contributed by atoms with van der Waals surface area (Å²) in [4.78, 5) is 42.8. The number of hydrogen-bond donors (Lipinski definition) is 2. The van der Waals surface area contributed by atoms with Crippen molar-refractivity contribution in [3.8, 4) is 0 Å². The molecule has 31 heavy (non-hydrogen) atoms. The second-order valence-corrected chi connectivity index (χ2v) is 8.41. The van der Waals surface area contributed by atoms with E-state index in [-0.39, 0.29) is 31.6 Å². The van der Waals surface area contributed by atoms with Gasteiger partial charge in [-0.05, 0) is 12.5 Å². The van der Waals surface area contributed by atoms with Gasteiger partial charge in [-0.25, -0.2) is 10.5 Å². The minimum atomic E-state index is -4.52. The van der Waals surface area contributed by atoms with Crippen LogP contribution >= 0.6 is 11.3 Å². The number of anilines is 2. The lowest BCUT2D eigenvalue weighted by molar-refractivity contribution is -0.161. The van der Waals surface area contributed by atoms with Gasteiger partial charge in [-0.2, -0.15) is 18.2 Å². The van der Waals surface area contributed by atoms with E-state index in [1.54, 1.807) is 0 Å². The van der Waals surface area contributed by atoms with E-state index in [0.717, 1.165) is 21.5 Å². The van der Waals surface area contributed by atoms with Gasteiger partial charge in [0.25, 0.3) is 5.91 Å². The van der Waals surface area contributed by atoms with E-state index in [1.165, 1.54) is 16.2 Å². The quantitative estimate of drug-likeness (QED) is 0.704. The fraction of sp³-hybridized carbons (Fsp3) is 0.556. The molecule has 4 heterocycles. The molecule has 13 heteroatoms. The lowest BCUT2D eigenvalue weighted by atomic mass is 10.2. The van der Waals surface area contributed by atoms with E-state index in [0.29, 0.717) is 18.9 Å². The summed E-state index contributed by atoms with van der Waals surface area (Å²) in [6.45, 7) is 3.21. The topological polar surface area (TPSA) is 99.7 Å². The lowest BCUT2D eigenvalue weighted by Crippen LogP contribution is -2.49. The highest BCUT2D eigenvalue weighted by Gasteiger charge is 2.35. The highest BCUT2D eigenvalue weighted by atomic mass is 32.1. The van der Waals surface area contributed by atoms with E-state index < -0.39 is 24.5 Å². The summed E-state index contributed by atoms with van der Waals surface area (Å²) in [7, 11) is 0. The summed E-state index contributed by atoms with van der Waals surface area (Å²) < 4.78 is 37.6. The number of nitrogens with one attached hydrogen (secondary N) is 2. The molecule has 2 amide bonds. The Hall–Kier alpha value is -2.67. The molecule has 2 aliphatic heterocycles. The van der Waals surface area contributed by atoms with Crippen LogP contribution in [-0.2, 0) is 20.8 Å². The predicted octanol–water partition coefficient (Wildman–Crippen LogP) is 1.70. The summed E-state index contributed by atoms with van der Waals surface area (Å²) in [5.41, 5.74) is 2.27. The van der Waals surface area contributed by atoms with Crippen molar-refractivity contribution in [2.75, 3.05) is 43.0 Å². The third-order valence-corrected chi connectivity index (χ3v) is 6.27. The number of piperazine rings is 1. The summed E-state index contributed by atoms with van der Waals surface area (Å²) in [6.07, 6.45) is -5.15. The molecule has 1 atom stereocenters. The first-order chi connectivity index (χ1) is 14.7.